The number of nitrogens with two attached hydrogens (primary N) is 2. The number of anilines is 1. The summed E-state index contributed by atoms with van der Waals surface area (Å²) in [4.78, 5) is 4.17. The lowest BCUT2D eigenvalue weighted by molar-refractivity contribution is 0.375. The van der Waals surface area contributed by atoms with E-state index in [1.165, 1.54) is 41.8 Å². The molecule has 0 spiro atoms. The summed E-state index contributed by atoms with van der Waals surface area (Å²) in [5, 5.41) is 6.55. The van der Waals surface area contributed by atoms with Gasteiger partial charge < -0.3 is 22.1 Å². The number of benzene rings is 2. The second-order valence-electron chi connectivity index (χ2n) is 8.70. The van der Waals surface area contributed by atoms with Crippen LogP contribution in [0.25, 0.3) is 0 Å². The van der Waals surface area contributed by atoms with Crippen molar-refractivity contribution in [2.75, 3.05) is 37.5 Å². The van der Waals surface area contributed by atoms with Crippen LogP contribution in [0.1, 0.15) is 49.8 Å². The van der Waals surface area contributed by atoms with E-state index < -0.39 is 0 Å². The smallest absolute Gasteiger partial charge is 0.0940 e. The third-order valence-corrected chi connectivity index (χ3v) is 5.09. The first-order valence-corrected chi connectivity index (χ1v) is 14.1. The second kappa shape index (κ2) is 21.0. The molecule has 1 saturated heterocycles. The van der Waals surface area contributed by atoms with Crippen LogP contribution in [0, 0.1) is 19.8 Å². The van der Waals surface area contributed by atoms with Gasteiger partial charge in [-0.05, 0) is 107 Å². The number of thioether (sulfide) groups is 1. The fourth-order valence-electron chi connectivity index (χ4n) is 3.45. The Morgan fingerprint density at radius 3 is 2.23 bits per heavy atom. The molecule has 0 amide bonds. The second-order valence-corrected chi connectivity index (χ2v) is 9.52. The van der Waals surface area contributed by atoms with Crippen molar-refractivity contribution in [1.29, 1.82) is 0 Å². The quantitative estimate of drug-likeness (QED) is 0.368. The van der Waals surface area contributed by atoms with Crippen LogP contribution in [0.2, 0.25) is 0 Å². The molecule has 2 atom stereocenters. The van der Waals surface area contributed by atoms with Gasteiger partial charge in [0.2, 0.25) is 0 Å². The van der Waals surface area contributed by atoms with Gasteiger partial charge in [-0.1, -0.05) is 43.0 Å². The van der Waals surface area contributed by atoms with Gasteiger partial charge in [0.05, 0.1) is 6.17 Å². The van der Waals surface area contributed by atoms with E-state index in [-0.39, 0.29) is 6.17 Å². The van der Waals surface area contributed by atoms with Crippen LogP contribution in [0.4, 0.5) is 5.69 Å². The molecule has 0 aromatic heterocycles. The van der Waals surface area contributed by atoms with Crippen molar-refractivity contribution in [2.45, 2.75) is 53.1 Å². The van der Waals surface area contributed by atoms with Crippen molar-refractivity contribution in [3.8, 4) is 0 Å². The molecule has 0 radical (unpaired) electrons. The van der Waals surface area contributed by atoms with E-state index in [0.29, 0.717) is 0 Å². The predicted octanol–water partition coefficient (Wildman–Crippen LogP) is 5.97. The highest BCUT2D eigenvalue weighted by atomic mass is 32.2. The van der Waals surface area contributed by atoms with Crippen LogP contribution in [-0.2, 0) is 0 Å². The molecule has 2 aromatic rings. The number of nitrogens with one attached hydrogen (secondary N) is 2. The van der Waals surface area contributed by atoms with Gasteiger partial charge in [0.1, 0.15) is 0 Å². The van der Waals surface area contributed by atoms with Crippen molar-refractivity contribution in [3.05, 3.63) is 77.5 Å². The average molecular weight is 500 g/mol. The average Bonchev–Trinajstić information content (AvgIpc) is 2.81. The maximum Gasteiger partial charge on any atom is 0.0940 e. The van der Waals surface area contributed by atoms with E-state index in [4.69, 9.17) is 11.5 Å². The van der Waals surface area contributed by atoms with Crippen LogP contribution in [0.3, 0.4) is 0 Å². The van der Waals surface area contributed by atoms with Gasteiger partial charge in [0.15, 0.2) is 0 Å². The molecule has 1 fully saturated rings. The number of aliphatic imine (C=N–C) groups is 1. The zero-order valence-corrected chi connectivity index (χ0v) is 23.6. The normalized spacial score (nSPS) is 15.3. The van der Waals surface area contributed by atoms with E-state index in [1.54, 1.807) is 11.8 Å². The molecule has 0 bridgehead atoms. The third-order valence-electron chi connectivity index (χ3n) is 5.09. The number of nitrogens with zero attached hydrogens (tertiary/aromatic N) is 1. The Kier molecular flexibility index (Phi) is 19.7. The Hall–Kier alpha value is -2.28. The lowest BCUT2D eigenvalue weighted by atomic mass is 9.95. The number of hydrogen-bond acceptors (Lipinski definition) is 6. The fraction of sp³-hybridized carbons (Fsp3) is 0.483. The van der Waals surface area contributed by atoms with Crippen molar-refractivity contribution in [1.82, 2.24) is 5.32 Å². The highest BCUT2D eigenvalue weighted by molar-refractivity contribution is 7.97. The molecule has 6 N–H and O–H groups in total. The molecule has 1 aliphatic rings. The van der Waals surface area contributed by atoms with Gasteiger partial charge in [-0.3, -0.25) is 4.99 Å². The summed E-state index contributed by atoms with van der Waals surface area (Å²) in [6.45, 7) is 15.1. The Labute approximate surface area is 219 Å². The van der Waals surface area contributed by atoms with E-state index in [9.17, 15) is 0 Å². The molecule has 3 rings (SSSR count). The Bertz CT molecular complexity index is 795. The summed E-state index contributed by atoms with van der Waals surface area (Å²) in [6.07, 6.45) is 9.41. The zero-order valence-electron chi connectivity index (χ0n) is 22.8. The number of aryl methyl sites for hydroxylation is 2. The molecule has 35 heavy (non-hydrogen) atoms. The molecular weight excluding hydrogens is 450 g/mol. The summed E-state index contributed by atoms with van der Waals surface area (Å²) >= 11 is 1.75. The van der Waals surface area contributed by atoms with Crippen LogP contribution >= 0.6 is 11.8 Å². The maximum absolute atomic E-state index is 5.54. The van der Waals surface area contributed by atoms with Gasteiger partial charge in [-0.15, -0.1) is 0 Å². The van der Waals surface area contributed by atoms with Crippen molar-refractivity contribution >= 4 is 23.7 Å². The molecule has 5 nitrogen and oxygen atoms in total. The number of rotatable bonds is 6. The number of hydrogen-bond donors (Lipinski definition) is 4. The fourth-order valence-corrected chi connectivity index (χ4v) is 3.45. The van der Waals surface area contributed by atoms with Crippen molar-refractivity contribution < 1.29 is 0 Å². The molecule has 1 unspecified atom stereocenters. The molecule has 1 heterocycles. The Balaban J connectivity index is 0.000000476. The maximum atomic E-state index is 5.54. The Morgan fingerprint density at radius 2 is 1.77 bits per heavy atom. The van der Waals surface area contributed by atoms with Gasteiger partial charge in [-0.25, -0.2) is 0 Å². The summed E-state index contributed by atoms with van der Waals surface area (Å²) in [6, 6.07) is 16.4. The van der Waals surface area contributed by atoms with Crippen LogP contribution in [0.5, 0.6) is 0 Å². The molecular formula is C29H49N5S. The molecule has 1 aliphatic heterocycles. The van der Waals surface area contributed by atoms with Gasteiger partial charge >= 0.3 is 0 Å². The van der Waals surface area contributed by atoms with Crippen molar-refractivity contribution in [3.63, 3.8) is 0 Å². The van der Waals surface area contributed by atoms with Gasteiger partial charge in [-0.2, -0.15) is 11.8 Å². The SMILES string of the molecule is C=C(N)C[C@H]1CCCNC1.CCNc1ccccc1.CSC.Cc1cccc(C)c1/C=N/C(C)N. The highest BCUT2D eigenvalue weighted by Gasteiger charge is 2.12. The standard InChI is InChI=1S/C11H16N2.C8H16N2.C8H11N.C2H6S/c1-8-5-4-6-9(2)11(8)7-13-10(3)12;1-7(9)5-8-3-2-4-10-6-8;1-2-9-8-6-4-3-5-7-8;1-3-2/h4-7,10H,12H2,1-3H3;8,10H,1-6,9H2;3-7,9H,2H2,1H3;1-2H3/b13-7+;;;/t;8-;;/m.1../s1. The van der Waals surface area contributed by atoms with Gasteiger partial charge in [0.25, 0.3) is 0 Å². The van der Waals surface area contributed by atoms with E-state index in [0.717, 1.165) is 31.1 Å². The highest BCUT2D eigenvalue weighted by Crippen LogP contribution is 2.15. The summed E-state index contributed by atoms with van der Waals surface area (Å²) < 4.78 is 0. The lowest BCUT2D eigenvalue weighted by Gasteiger charge is -2.22. The zero-order chi connectivity index (χ0) is 26.5. The monoisotopic (exact) mass is 499 g/mol. The molecule has 6 heteroatoms. The molecule has 2 aromatic carbocycles. The number of piperidine rings is 1. The first-order valence-electron chi connectivity index (χ1n) is 12.4. The van der Waals surface area contributed by atoms with Crippen LogP contribution < -0.4 is 22.1 Å². The minimum absolute atomic E-state index is 0.126. The summed E-state index contributed by atoms with van der Waals surface area (Å²) in [7, 11) is 0. The summed E-state index contributed by atoms with van der Waals surface area (Å²) in [5.41, 5.74) is 16.7. The largest absolute Gasteiger partial charge is 0.403 e. The Morgan fingerprint density at radius 1 is 1.17 bits per heavy atom. The van der Waals surface area contributed by atoms with Crippen molar-refractivity contribution in [2.24, 2.45) is 22.4 Å². The molecule has 196 valence electrons. The lowest BCUT2D eigenvalue weighted by Crippen LogP contribution is -2.30. The van der Waals surface area contributed by atoms with E-state index in [2.05, 4.69) is 67.2 Å². The first-order chi connectivity index (χ1) is 16.7. The number of allylic oxidation sites excluding steroid dienone is 1. The predicted molar refractivity (Wildman–Crippen MR) is 161 cm³/mol. The summed E-state index contributed by atoms with van der Waals surface area (Å²) in [5.74, 6) is 0.742. The van der Waals surface area contributed by atoms with Crippen LogP contribution in [0.15, 0.2) is 65.8 Å². The van der Waals surface area contributed by atoms with E-state index >= 15 is 0 Å². The van der Waals surface area contributed by atoms with Crippen LogP contribution in [-0.4, -0.2) is 44.5 Å². The minimum atomic E-state index is -0.126. The molecule has 0 saturated carbocycles. The molecule has 0 aliphatic carbocycles. The first kappa shape index (κ1) is 32.7. The third kappa shape index (κ3) is 17.8. The minimum Gasteiger partial charge on any atom is -0.403 e. The van der Waals surface area contributed by atoms with E-state index in [1.807, 2.05) is 49.9 Å². The topological polar surface area (TPSA) is 88.5 Å². The number of para-hydroxylation sites is 1. The van der Waals surface area contributed by atoms with Gasteiger partial charge in [0, 0.05) is 24.1 Å².